The van der Waals surface area contributed by atoms with Gasteiger partial charge in [0, 0.05) is 0 Å². The summed E-state index contributed by atoms with van der Waals surface area (Å²) in [5, 5.41) is 19.9. The second-order valence-corrected chi connectivity index (χ2v) is 5.97. The number of nitrogens with zero attached hydrogens (tertiary/aromatic N) is 2. The van der Waals surface area contributed by atoms with Crippen LogP contribution in [0, 0.1) is 13.8 Å². The van der Waals surface area contributed by atoms with E-state index in [2.05, 4.69) is 4.98 Å². The highest BCUT2D eigenvalue weighted by Gasteiger charge is 2.15. The van der Waals surface area contributed by atoms with Crippen LogP contribution in [0.4, 0.5) is 0 Å². The molecule has 2 aromatic carbocycles. The van der Waals surface area contributed by atoms with Gasteiger partial charge >= 0.3 is 0 Å². The van der Waals surface area contributed by atoms with Crippen molar-refractivity contribution >= 4 is 11.0 Å². The second kappa shape index (κ2) is 7.03. The summed E-state index contributed by atoms with van der Waals surface area (Å²) in [4.78, 5) is 4.39. The summed E-state index contributed by atoms with van der Waals surface area (Å²) < 4.78 is 7.66. The number of aliphatic hydroxyl groups is 2. The van der Waals surface area contributed by atoms with Gasteiger partial charge in [0.15, 0.2) is 0 Å². The molecule has 0 spiro atoms. The molecule has 3 rings (SSSR count). The third kappa shape index (κ3) is 3.27. The third-order valence-corrected chi connectivity index (χ3v) is 4.10. The van der Waals surface area contributed by atoms with E-state index in [9.17, 15) is 10.2 Å². The number of aryl methyl sites for hydroxylation is 2. The first-order valence-corrected chi connectivity index (χ1v) is 8.02. The Morgan fingerprint density at radius 1 is 1.08 bits per heavy atom. The van der Waals surface area contributed by atoms with Crippen LogP contribution in [0.1, 0.15) is 17.0 Å². The normalized spacial score (nSPS) is 12.5. The van der Waals surface area contributed by atoms with Crippen LogP contribution in [0.3, 0.4) is 0 Å². The molecule has 24 heavy (non-hydrogen) atoms. The Kier molecular flexibility index (Phi) is 4.83. The minimum atomic E-state index is -0.702. The van der Waals surface area contributed by atoms with Crippen molar-refractivity contribution in [3.05, 3.63) is 59.4 Å². The Morgan fingerprint density at radius 3 is 2.50 bits per heavy atom. The van der Waals surface area contributed by atoms with Crippen molar-refractivity contribution in [3.8, 4) is 5.75 Å². The summed E-state index contributed by atoms with van der Waals surface area (Å²) in [6, 6.07) is 13.6. The first-order valence-electron chi connectivity index (χ1n) is 8.02. The number of rotatable bonds is 6. The molecule has 0 aliphatic heterocycles. The number of hydrogen-bond acceptors (Lipinski definition) is 4. The predicted molar refractivity (Wildman–Crippen MR) is 93.1 cm³/mol. The zero-order chi connectivity index (χ0) is 17.1. The fourth-order valence-corrected chi connectivity index (χ4v) is 2.92. The maximum absolute atomic E-state index is 10.4. The molecule has 0 aliphatic carbocycles. The second-order valence-electron chi connectivity index (χ2n) is 5.97. The van der Waals surface area contributed by atoms with E-state index >= 15 is 0 Å². The number of imidazole rings is 1. The van der Waals surface area contributed by atoms with Crippen molar-refractivity contribution in [1.82, 2.24) is 9.55 Å². The van der Waals surface area contributed by atoms with Crippen molar-refractivity contribution in [2.75, 3.05) is 6.61 Å². The van der Waals surface area contributed by atoms with Gasteiger partial charge in [-0.15, -0.1) is 0 Å². The van der Waals surface area contributed by atoms with Gasteiger partial charge in [0.05, 0.1) is 17.6 Å². The van der Waals surface area contributed by atoms with Crippen molar-refractivity contribution in [3.63, 3.8) is 0 Å². The molecule has 0 aliphatic rings. The SMILES string of the molecule is Cc1cccc(C)c1OC[C@H](O)Cn1c(CO)nc2ccccc21. The van der Waals surface area contributed by atoms with Gasteiger partial charge in [-0.3, -0.25) is 0 Å². The third-order valence-electron chi connectivity index (χ3n) is 4.10. The quantitative estimate of drug-likeness (QED) is 0.731. The van der Waals surface area contributed by atoms with Crippen LogP contribution in [-0.2, 0) is 13.2 Å². The summed E-state index contributed by atoms with van der Waals surface area (Å²) in [5.41, 5.74) is 3.80. The smallest absolute Gasteiger partial charge is 0.135 e. The molecular weight excluding hydrogens is 304 g/mol. The lowest BCUT2D eigenvalue weighted by Crippen LogP contribution is -2.25. The van der Waals surface area contributed by atoms with E-state index < -0.39 is 6.10 Å². The van der Waals surface area contributed by atoms with E-state index in [1.54, 1.807) is 0 Å². The molecule has 0 saturated carbocycles. The van der Waals surface area contributed by atoms with Gasteiger partial charge in [-0.2, -0.15) is 0 Å². The van der Waals surface area contributed by atoms with Crippen LogP contribution < -0.4 is 4.74 Å². The highest BCUT2D eigenvalue weighted by Crippen LogP contribution is 2.23. The Bertz CT molecular complexity index is 821. The monoisotopic (exact) mass is 326 g/mol. The summed E-state index contributed by atoms with van der Waals surface area (Å²) >= 11 is 0. The summed E-state index contributed by atoms with van der Waals surface area (Å²) in [5.74, 6) is 1.36. The van der Waals surface area contributed by atoms with E-state index in [4.69, 9.17) is 4.74 Å². The average molecular weight is 326 g/mol. The van der Waals surface area contributed by atoms with Crippen LogP contribution in [0.25, 0.3) is 11.0 Å². The molecule has 0 radical (unpaired) electrons. The van der Waals surface area contributed by atoms with E-state index in [0.29, 0.717) is 12.4 Å². The molecule has 0 bridgehead atoms. The van der Waals surface area contributed by atoms with Crippen molar-refractivity contribution in [2.24, 2.45) is 0 Å². The molecular formula is C19H22N2O3. The molecule has 1 aromatic heterocycles. The molecule has 2 N–H and O–H groups in total. The van der Waals surface area contributed by atoms with Gasteiger partial charge in [-0.25, -0.2) is 4.98 Å². The standard InChI is InChI=1S/C19H22N2O3/c1-13-6-5-7-14(2)19(13)24-12-15(23)10-21-17-9-4-3-8-16(17)20-18(21)11-22/h3-9,15,22-23H,10-12H2,1-2H3/t15-/m1/s1. The molecule has 5 heteroatoms. The molecule has 0 saturated heterocycles. The van der Waals surface area contributed by atoms with Crippen molar-refractivity contribution < 1.29 is 14.9 Å². The zero-order valence-corrected chi connectivity index (χ0v) is 13.9. The van der Waals surface area contributed by atoms with E-state index in [0.717, 1.165) is 27.9 Å². The average Bonchev–Trinajstić information content (AvgIpc) is 2.92. The molecule has 1 heterocycles. The van der Waals surface area contributed by atoms with E-state index in [1.807, 2.05) is 60.9 Å². The molecule has 0 fully saturated rings. The summed E-state index contributed by atoms with van der Waals surface area (Å²) in [7, 11) is 0. The van der Waals surface area contributed by atoms with Gasteiger partial charge in [0.25, 0.3) is 0 Å². The van der Waals surface area contributed by atoms with Crippen molar-refractivity contribution in [1.29, 1.82) is 0 Å². The number of aromatic nitrogens is 2. The fourth-order valence-electron chi connectivity index (χ4n) is 2.92. The van der Waals surface area contributed by atoms with Gasteiger partial charge in [0.1, 0.15) is 30.9 Å². The maximum Gasteiger partial charge on any atom is 0.135 e. The van der Waals surface area contributed by atoms with Gasteiger partial charge in [-0.1, -0.05) is 30.3 Å². The molecule has 3 aromatic rings. The van der Waals surface area contributed by atoms with Crippen LogP contribution in [0.5, 0.6) is 5.75 Å². The van der Waals surface area contributed by atoms with Crippen LogP contribution in [-0.4, -0.2) is 32.5 Å². The highest BCUT2D eigenvalue weighted by molar-refractivity contribution is 5.75. The van der Waals surface area contributed by atoms with Crippen LogP contribution in [0.15, 0.2) is 42.5 Å². The van der Waals surface area contributed by atoms with Crippen LogP contribution >= 0.6 is 0 Å². The fraction of sp³-hybridized carbons (Fsp3) is 0.316. The molecule has 126 valence electrons. The van der Waals surface area contributed by atoms with E-state index in [1.165, 1.54) is 0 Å². The zero-order valence-electron chi connectivity index (χ0n) is 13.9. The van der Waals surface area contributed by atoms with E-state index in [-0.39, 0.29) is 13.2 Å². The minimum Gasteiger partial charge on any atom is -0.490 e. The molecule has 0 amide bonds. The summed E-state index contributed by atoms with van der Waals surface area (Å²) in [6.07, 6.45) is -0.702. The number of benzene rings is 2. The largest absolute Gasteiger partial charge is 0.490 e. The van der Waals surface area contributed by atoms with Crippen LogP contribution in [0.2, 0.25) is 0 Å². The lowest BCUT2D eigenvalue weighted by atomic mass is 10.1. The lowest BCUT2D eigenvalue weighted by molar-refractivity contribution is 0.0908. The van der Waals surface area contributed by atoms with Gasteiger partial charge < -0.3 is 19.5 Å². The Labute approximate surface area is 141 Å². The molecule has 1 atom stereocenters. The first-order chi connectivity index (χ1) is 11.6. The number of para-hydroxylation sites is 3. The highest BCUT2D eigenvalue weighted by atomic mass is 16.5. The first kappa shape index (κ1) is 16.5. The molecule has 0 unspecified atom stereocenters. The van der Waals surface area contributed by atoms with Gasteiger partial charge in [-0.05, 0) is 37.1 Å². The van der Waals surface area contributed by atoms with Crippen molar-refractivity contribution in [2.45, 2.75) is 33.1 Å². The number of aliphatic hydroxyl groups excluding tert-OH is 2. The Balaban J connectivity index is 1.74. The topological polar surface area (TPSA) is 67.5 Å². The Morgan fingerprint density at radius 2 is 1.79 bits per heavy atom. The maximum atomic E-state index is 10.4. The van der Waals surface area contributed by atoms with Gasteiger partial charge in [0.2, 0.25) is 0 Å². The Hall–Kier alpha value is -2.37. The number of hydrogen-bond donors (Lipinski definition) is 2. The summed E-state index contributed by atoms with van der Waals surface area (Å²) in [6.45, 7) is 4.31. The number of fused-ring (bicyclic) bond motifs is 1. The number of ether oxygens (including phenoxy) is 1. The minimum absolute atomic E-state index is 0.168. The lowest BCUT2D eigenvalue weighted by Gasteiger charge is -2.17. The predicted octanol–water partition coefficient (Wildman–Crippen LogP) is 2.59. The molecule has 5 nitrogen and oxygen atoms in total.